The molecule has 2 amide bonds. The van der Waals surface area contributed by atoms with E-state index in [-0.39, 0.29) is 23.6 Å². The molecule has 2 fully saturated rings. The molecule has 2 aliphatic heterocycles. The Morgan fingerprint density at radius 1 is 0.708 bits per heavy atom. The third-order valence-corrected chi connectivity index (χ3v) is 12.3. The van der Waals surface area contributed by atoms with Gasteiger partial charge < -0.3 is 36.5 Å². The summed E-state index contributed by atoms with van der Waals surface area (Å²) in [5, 5.41) is 33.7. The minimum absolute atomic E-state index is 0.00515. The van der Waals surface area contributed by atoms with Gasteiger partial charge in [0.05, 0.1) is 81.8 Å². The lowest BCUT2D eigenvalue weighted by Crippen LogP contribution is -2.31. The molecule has 2 aliphatic rings. The Kier molecular flexibility index (Phi) is 12.4. The summed E-state index contributed by atoms with van der Waals surface area (Å²) in [6, 6.07) is 11.2. The van der Waals surface area contributed by atoms with Crippen molar-refractivity contribution in [3.05, 3.63) is 117 Å². The molecule has 0 aromatic carbocycles. The number of hydrogen-bond donors (Lipinski definition) is 4. The third-order valence-electron chi connectivity index (χ3n) is 11.9. The van der Waals surface area contributed by atoms with Crippen LogP contribution in [0.1, 0.15) is 58.5 Å². The number of nitrogens with zero attached hydrogens (tertiary/aromatic N) is 13. The molecule has 0 unspecified atom stereocenters. The molecule has 0 spiro atoms. The van der Waals surface area contributed by atoms with E-state index in [1.165, 1.54) is 47.8 Å². The molecular formula is C44H44BrN17O3. The number of aryl methyl sites for hydroxylation is 1. The standard InChI is InChI=1S/C25H25N9O2.C19H19BrN8O/c1-3-16-12-33(25-28-8-15(7-26)9-29-25)14-20(16)31-23-19(24(27)36)10-30-34-13-18(6-21(23)34)17-4-5-22(35)32(2)11-17;1-2-12-8-27(19-23-5-11(4-21)6-24-19)10-15(12)26-17-14(18(22)29)7-25-28-9-13(20)3-16(17)28/h4-6,8-11,13,16,20,31H,3,12,14H2,1-2H3,(H2,27,36);3,5-7,9,12,15,26H,2,8,10H2,1H3,(H2,22,29)/t16-,20+;12-,15+/m00/s1. The summed E-state index contributed by atoms with van der Waals surface area (Å²) < 4.78 is 5.78. The smallest absolute Gasteiger partial charge is 0.252 e. The van der Waals surface area contributed by atoms with Gasteiger partial charge in [-0.15, -0.1) is 0 Å². The molecule has 6 N–H and O–H groups in total. The van der Waals surface area contributed by atoms with Gasteiger partial charge in [0, 0.05) is 80.0 Å². The number of halogens is 1. The first-order chi connectivity index (χ1) is 31.4. The van der Waals surface area contributed by atoms with Crippen LogP contribution in [0, 0.1) is 34.5 Å². The summed E-state index contributed by atoms with van der Waals surface area (Å²) in [5.41, 5.74) is 17.2. The van der Waals surface area contributed by atoms with Crippen LogP contribution in [0.2, 0.25) is 0 Å². The molecule has 0 saturated carbocycles. The number of hydrogen-bond acceptors (Lipinski definition) is 15. The Hall–Kier alpha value is -7.91. The molecule has 0 radical (unpaired) electrons. The first-order valence-corrected chi connectivity index (χ1v) is 21.6. The molecule has 7 aromatic rings. The highest BCUT2D eigenvalue weighted by Crippen LogP contribution is 2.34. The number of nitriles is 2. The minimum atomic E-state index is -0.573. The van der Waals surface area contributed by atoms with Crippen molar-refractivity contribution in [2.24, 2.45) is 30.4 Å². The predicted octanol–water partition coefficient (Wildman–Crippen LogP) is 3.97. The van der Waals surface area contributed by atoms with Crippen LogP contribution in [-0.2, 0) is 7.05 Å². The fraction of sp³-hybridized carbons (Fsp3) is 0.295. The summed E-state index contributed by atoms with van der Waals surface area (Å²) in [7, 11) is 1.70. The van der Waals surface area contributed by atoms with Crippen molar-refractivity contribution >= 4 is 62.0 Å². The maximum Gasteiger partial charge on any atom is 0.252 e. The van der Waals surface area contributed by atoms with Gasteiger partial charge in [0.1, 0.15) is 12.1 Å². The molecule has 9 heterocycles. The van der Waals surface area contributed by atoms with Crippen LogP contribution >= 0.6 is 15.9 Å². The topological polar surface area (TPSA) is 272 Å². The average molecular weight is 939 g/mol. The normalized spacial score (nSPS) is 17.9. The number of nitrogens with one attached hydrogen (secondary N) is 2. The van der Waals surface area contributed by atoms with E-state index in [2.05, 4.69) is 80.3 Å². The highest BCUT2D eigenvalue weighted by atomic mass is 79.9. The number of nitrogens with two attached hydrogens (primary N) is 2. The van der Waals surface area contributed by atoms with E-state index in [1.807, 2.05) is 36.7 Å². The van der Waals surface area contributed by atoms with Crippen molar-refractivity contribution < 1.29 is 9.59 Å². The molecular weight excluding hydrogens is 895 g/mol. The molecule has 21 heteroatoms. The quantitative estimate of drug-likeness (QED) is 0.143. The summed E-state index contributed by atoms with van der Waals surface area (Å²) in [6.07, 6.45) is 16.3. The Balaban J connectivity index is 0.000000181. The summed E-state index contributed by atoms with van der Waals surface area (Å²) in [6.45, 7) is 7.04. The van der Waals surface area contributed by atoms with E-state index in [9.17, 15) is 14.4 Å². The Morgan fingerprint density at radius 3 is 1.63 bits per heavy atom. The number of carbonyl (C=O) groups excluding carboxylic acids is 2. The van der Waals surface area contributed by atoms with Gasteiger partial charge in [-0.3, -0.25) is 14.4 Å². The Labute approximate surface area is 380 Å². The summed E-state index contributed by atoms with van der Waals surface area (Å²) >= 11 is 3.46. The Morgan fingerprint density at radius 2 is 1.18 bits per heavy atom. The molecule has 9 rings (SSSR count). The number of pyridine rings is 1. The summed E-state index contributed by atoms with van der Waals surface area (Å²) in [4.78, 5) is 57.6. The van der Waals surface area contributed by atoms with E-state index >= 15 is 0 Å². The van der Waals surface area contributed by atoms with Gasteiger partial charge in [-0.1, -0.05) is 13.8 Å². The van der Waals surface area contributed by atoms with E-state index in [4.69, 9.17) is 22.0 Å². The summed E-state index contributed by atoms with van der Waals surface area (Å²) in [5.74, 6) is 0.630. The van der Waals surface area contributed by atoms with Crippen molar-refractivity contribution in [2.75, 3.05) is 46.6 Å². The molecule has 20 nitrogen and oxygen atoms in total. The lowest BCUT2D eigenvalue weighted by atomic mass is 10.00. The number of rotatable bonds is 11. The molecule has 0 bridgehead atoms. The molecule has 7 aromatic heterocycles. The first-order valence-electron chi connectivity index (χ1n) is 20.8. The van der Waals surface area contributed by atoms with Crippen LogP contribution in [0.3, 0.4) is 0 Å². The van der Waals surface area contributed by atoms with Crippen molar-refractivity contribution in [3.8, 4) is 23.3 Å². The molecule has 330 valence electrons. The zero-order valence-electron chi connectivity index (χ0n) is 35.6. The highest BCUT2D eigenvalue weighted by molar-refractivity contribution is 9.10. The predicted molar refractivity (Wildman–Crippen MR) is 246 cm³/mol. The van der Waals surface area contributed by atoms with Crippen LogP contribution in [0.4, 0.5) is 23.3 Å². The van der Waals surface area contributed by atoms with Gasteiger partial charge in [0.2, 0.25) is 17.5 Å². The van der Waals surface area contributed by atoms with Crippen molar-refractivity contribution in [1.82, 2.24) is 43.7 Å². The van der Waals surface area contributed by atoms with Crippen molar-refractivity contribution in [1.29, 1.82) is 10.5 Å². The first kappa shape index (κ1) is 43.7. The van der Waals surface area contributed by atoms with Gasteiger partial charge in [0.15, 0.2) is 0 Å². The number of amides is 2. The maximum atomic E-state index is 12.3. The van der Waals surface area contributed by atoms with Crippen molar-refractivity contribution in [3.63, 3.8) is 0 Å². The van der Waals surface area contributed by atoms with Crippen molar-refractivity contribution in [2.45, 2.75) is 38.8 Å². The SMILES string of the molecule is CC[C@H]1CN(c2ncc(C#N)cn2)C[C@H]1Nc1c(C(N)=O)cnn2cc(-c3ccc(=O)n(C)c3)cc12.CC[C@H]1CN(c2ncc(C#N)cn2)C[C@H]1Nc1c(C(N)=O)cnn2cc(Br)cc12. The van der Waals surface area contributed by atoms with Gasteiger partial charge >= 0.3 is 0 Å². The second kappa shape index (κ2) is 18.4. The largest absolute Gasteiger partial charge is 0.378 e. The van der Waals surface area contributed by atoms with Gasteiger partial charge in [-0.05, 0) is 64.4 Å². The number of fused-ring (bicyclic) bond motifs is 2. The minimum Gasteiger partial charge on any atom is -0.378 e. The van der Waals surface area contributed by atoms with E-state index in [0.717, 1.165) is 47.0 Å². The lowest BCUT2D eigenvalue weighted by molar-refractivity contribution is 0.0992. The lowest BCUT2D eigenvalue weighted by Gasteiger charge is -2.21. The number of anilines is 4. The van der Waals surface area contributed by atoms with Gasteiger partial charge in [-0.2, -0.15) is 20.7 Å². The fourth-order valence-corrected chi connectivity index (χ4v) is 8.77. The number of primary amides is 2. The monoisotopic (exact) mass is 937 g/mol. The molecule has 4 atom stereocenters. The maximum absolute atomic E-state index is 12.3. The van der Waals surface area contributed by atoms with Gasteiger partial charge in [-0.25, -0.2) is 29.0 Å². The number of aromatic nitrogens is 9. The van der Waals surface area contributed by atoms with Crippen LogP contribution in [0.15, 0.2) is 89.3 Å². The zero-order valence-corrected chi connectivity index (χ0v) is 37.2. The zero-order chi connectivity index (χ0) is 45.9. The Bertz CT molecular complexity index is 3060. The second-order valence-corrected chi connectivity index (χ2v) is 16.8. The highest BCUT2D eigenvalue weighted by Gasteiger charge is 2.35. The van der Waals surface area contributed by atoms with Crippen LogP contribution in [0.25, 0.3) is 22.2 Å². The molecule has 65 heavy (non-hydrogen) atoms. The van der Waals surface area contributed by atoms with Crippen LogP contribution in [-0.4, -0.2) is 93.8 Å². The molecule has 2 saturated heterocycles. The molecule has 0 aliphatic carbocycles. The van der Waals surface area contributed by atoms with Crippen LogP contribution < -0.4 is 37.5 Å². The number of carbonyl (C=O) groups is 2. The van der Waals surface area contributed by atoms with E-state index < -0.39 is 11.8 Å². The van der Waals surface area contributed by atoms with Gasteiger partial charge in [0.25, 0.3) is 11.8 Å². The van der Waals surface area contributed by atoms with Crippen LogP contribution in [0.5, 0.6) is 0 Å². The third kappa shape index (κ3) is 8.99. The van der Waals surface area contributed by atoms with E-state index in [1.54, 1.807) is 28.3 Å². The fourth-order valence-electron chi connectivity index (χ4n) is 8.36. The second-order valence-electron chi connectivity index (χ2n) is 15.9. The average Bonchev–Trinajstić information content (AvgIpc) is 4.12. The van der Waals surface area contributed by atoms with E-state index in [0.29, 0.717) is 70.0 Å².